The second-order valence-electron chi connectivity index (χ2n) is 2.80. The van der Waals surface area contributed by atoms with E-state index in [-0.39, 0.29) is 0 Å². The predicted octanol–water partition coefficient (Wildman–Crippen LogP) is 2.83. The molecule has 0 radical (unpaired) electrons. The van der Waals surface area contributed by atoms with Crippen LogP contribution in [0.4, 0.5) is 0 Å². The van der Waals surface area contributed by atoms with Crippen molar-refractivity contribution >= 4 is 17.3 Å². The highest BCUT2D eigenvalue weighted by atomic mass is 32.2. The van der Waals surface area contributed by atoms with E-state index in [1.165, 1.54) is 6.42 Å². The van der Waals surface area contributed by atoms with Crippen LogP contribution in [0.2, 0.25) is 0 Å². The summed E-state index contributed by atoms with van der Waals surface area (Å²) in [5, 5.41) is 0. The molecule has 0 aromatic rings. The van der Waals surface area contributed by atoms with E-state index in [0.29, 0.717) is 4.75 Å². The van der Waals surface area contributed by atoms with E-state index in [0.717, 1.165) is 5.70 Å². The first kappa shape index (κ1) is 7.86. The van der Waals surface area contributed by atoms with Gasteiger partial charge >= 0.3 is 0 Å². The number of thioether (sulfide) groups is 1. The molecule has 0 saturated carbocycles. The Bertz CT molecular complexity index is 184. The molecule has 1 nitrogen and oxygen atoms in total. The van der Waals surface area contributed by atoms with E-state index in [9.17, 15) is 0 Å². The molecule has 0 saturated heterocycles. The van der Waals surface area contributed by atoms with E-state index in [2.05, 4.69) is 24.9 Å². The van der Waals surface area contributed by atoms with Crippen LogP contribution in [0.1, 0.15) is 27.2 Å². The number of hydrogen-bond acceptors (Lipinski definition) is 2. The van der Waals surface area contributed by atoms with Gasteiger partial charge < -0.3 is 0 Å². The third-order valence-electron chi connectivity index (χ3n) is 1.79. The first-order valence-corrected chi connectivity index (χ1v) is 4.44. The van der Waals surface area contributed by atoms with Crippen LogP contribution in [0.5, 0.6) is 0 Å². The van der Waals surface area contributed by atoms with Crippen molar-refractivity contribution in [2.45, 2.75) is 31.9 Å². The SMILES string of the molecule is CCC1(C)C=C(C)N=CS1. The summed E-state index contributed by atoms with van der Waals surface area (Å²) in [4.78, 5) is 4.17. The average molecular weight is 155 g/mol. The zero-order valence-corrected chi connectivity index (χ0v) is 7.53. The molecule has 1 aliphatic heterocycles. The molecule has 1 atom stereocenters. The van der Waals surface area contributed by atoms with E-state index in [1.54, 1.807) is 11.8 Å². The first-order chi connectivity index (χ1) is 4.66. The van der Waals surface area contributed by atoms with Crippen LogP contribution < -0.4 is 0 Å². The average Bonchev–Trinajstić information content (AvgIpc) is 1.88. The Morgan fingerprint density at radius 2 is 2.40 bits per heavy atom. The van der Waals surface area contributed by atoms with Crippen LogP contribution in [0.25, 0.3) is 0 Å². The smallest absolute Gasteiger partial charge is 0.0608 e. The lowest BCUT2D eigenvalue weighted by Gasteiger charge is -2.24. The number of hydrogen-bond donors (Lipinski definition) is 0. The molecule has 1 rings (SSSR count). The monoisotopic (exact) mass is 155 g/mol. The standard InChI is InChI=1S/C8H13NS/c1-4-8(3)5-7(2)9-6-10-8/h5-6H,4H2,1-3H3. The fraction of sp³-hybridized carbons (Fsp3) is 0.625. The lowest BCUT2D eigenvalue weighted by Crippen LogP contribution is -2.17. The molecule has 0 aliphatic carbocycles. The number of nitrogens with zero attached hydrogens (tertiary/aromatic N) is 1. The third kappa shape index (κ3) is 1.63. The molecule has 0 fully saturated rings. The van der Waals surface area contributed by atoms with E-state index < -0.39 is 0 Å². The summed E-state index contributed by atoms with van der Waals surface area (Å²) in [5.74, 6) is 0. The van der Waals surface area contributed by atoms with Crippen molar-refractivity contribution in [3.63, 3.8) is 0 Å². The van der Waals surface area contributed by atoms with Gasteiger partial charge in [0.25, 0.3) is 0 Å². The fourth-order valence-corrected chi connectivity index (χ4v) is 1.79. The van der Waals surface area contributed by atoms with Crippen LogP contribution in [0.15, 0.2) is 16.8 Å². The molecule has 10 heavy (non-hydrogen) atoms. The van der Waals surface area contributed by atoms with E-state index in [4.69, 9.17) is 0 Å². The minimum absolute atomic E-state index is 0.297. The quantitative estimate of drug-likeness (QED) is 0.567. The zero-order valence-electron chi connectivity index (χ0n) is 6.72. The normalized spacial score (nSPS) is 32.1. The van der Waals surface area contributed by atoms with Gasteiger partial charge in [0.1, 0.15) is 0 Å². The summed E-state index contributed by atoms with van der Waals surface area (Å²) < 4.78 is 0.297. The molecule has 0 aromatic carbocycles. The maximum absolute atomic E-state index is 4.17. The molecular weight excluding hydrogens is 142 g/mol. The van der Waals surface area contributed by atoms with Gasteiger partial charge in [-0.3, -0.25) is 4.99 Å². The van der Waals surface area contributed by atoms with Gasteiger partial charge in [-0.15, -0.1) is 11.8 Å². The number of allylic oxidation sites excluding steroid dienone is 1. The van der Waals surface area contributed by atoms with Gasteiger partial charge in [-0.25, -0.2) is 0 Å². The first-order valence-electron chi connectivity index (χ1n) is 3.56. The number of rotatable bonds is 1. The van der Waals surface area contributed by atoms with Crippen LogP contribution in [0.3, 0.4) is 0 Å². The minimum atomic E-state index is 0.297. The Kier molecular flexibility index (Phi) is 2.19. The highest BCUT2D eigenvalue weighted by Crippen LogP contribution is 2.32. The molecule has 0 amide bonds. The van der Waals surface area contributed by atoms with Crippen molar-refractivity contribution < 1.29 is 0 Å². The molecule has 1 heterocycles. The fourth-order valence-electron chi connectivity index (χ4n) is 0.928. The molecule has 56 valence electrons. The predicted molar refractivity (Wildman–Crippen MR) is 48.5 cm³/mol. The van der Waals surface area contributed by atoms with Crippen LogP contribution in [-0.4, -0.2) is 10.3 Å². The summed E-state index contributed by atoms with van der Waals surface area (Å²) in [7, 11) is 0. The minimum Gasteiger partial charge on any atom is -0.255 e. The molecule has 1 unspecified atom stereocenters. The zero-order chi connectivity index (χ0) is 7.61. The Hall–Kier alpha value is -0.240. The van der Waals surface area contributed by atoms with Gasteiger partial charge in [0.15, 0.2) is 0 Å². The summed E-state index contributed by atoms with van der Waals surface area (Å²) >= 11 is 1.80. The lowest BCUT2D eigenvalue weighted by atomic mass is 10.1. The lowest BCUT2D eigenvalue weighted by molar-refractivity contribution is 0.750. The van der Waals surface area contributed by atoms with Crippen LogP contribution in [0, 0.1) is 0 Å². The molecule has 0 N–H and O–H groups in total. The highest BCUT2D eigenvalue weighted by molar-refractivity contribution is 8.13. The Morgan fingerprint density at radius 1 is 1.70 bits per heavy atom. The van der Waals surface area contributed by atoms with Gasteiger partial charge in [-0.2, -0.15) is 0 Å². The molecule has 1 aliphatic rings. The summed E-state index contributed by atoms with van der Waals surface area (Å²) in [6, 6.07) is 0. The van der Waals surface area contributed by atoms with Gasteiger partial charge in [0.05, 0.1) is 5.55 Å². The second-order valence-corrected chi connectivity index (χ2v) is 4.18. The highest BCUT2D eigenvalue weighted by Gasteiger charge is 2.20. The molecule has 0 aromatic heterocycles. The molecule has 0 spiro atoms. The van der Waals surface area contributed by atoms with E-state index in [1.807, 2.05) is 12.5 Å². The van der Waals surface area contributed by atoms with Crippen molar-refractivity contribution in [2.24, 2.45) is 4.99 Å². The summed E-state index contributed by atoms with van der Waals surface area (Å²) in [6.07, 6.45) is 3.40. The Labute approximate surface area is 66.6 Å². The van der Waals surface area contributed by atoms with Crippen molar-refractivity contribution in [3.05, 3.63) is 11.8 Å². The Morgan fingerprint density at radius 3 is 2.80 bits per heavy atom. The van der Waals surface area contributed by atoms with Crippen LogP contribution in [-0.2, 0) is 0 Å². The second kappa shape index (κ2) is 2.79. The maximum Gasteiger partial charge on any atom is 0.0608 e. The summed E-state index contributed by atoms with van der Waals surface area (Å²) in [6.45, 7) is 6.49. The molecular formula is C8H13NS. The van der Waals surface area contributed by atoms with Crippen molar-refractivity contribution in [2.75, 3.05) is 0 Å². The summed E-state index contributed by atoms with van der Waals surface area (Å²) in [5.41, 5.74) is 3.09. The third-order valence-corrected chi connectivity index (χ3v) is 2.95. The van der Waals surface area contributed by atoms with Gasteiger partial charge in [0.2, 0.25) is 0 Å². The van der Waals surface area contributed by atoms with E-state index >= 15 is 0 Å². The maximum atomic E-state index is 4.17. The molecule has 0 bridgehead atoms. The topological polar surface area (TPSA) is 12.4 Å². The van der Waals surface area contributed by atoms with Crippen molar-refractivity contribution in [1.29, 1.82) is 0 Å². The van der Waals surface area contributed by atoms with Crippen LogP contribution >= 0.6 is 11.8 Å². The van der Waals surface area contributed by atoms with Gasteiger partial charge in [0, 0.05) is 10.4 Å². The Balaban J connectivity index is 2.76. The van der Waals surface area contributed by atoms with Crippen molar-refractivity contribution in [3.8, 4) is 0 Å². The van der Waals surface area contributed by atoms with Gasteiger partial charge in [-0.1, -0.05) is 6.92 Å². The molecule has 2 heteroatoms. The largest absolute Gasteiger partial charge is 0.255 e. The van der Waals surface area contributed by atoms with Crippen molar-refractivity contribution in [1.82, 2.24) is 0 Å². The number of aliphatic imine (C=N–C) groups is 1. The van der Waals surface area contributed by atoms with Gasteiger partial charge in [-0.05, 0) is 26.3 Å².